The number of nitrogens with one attached hydrogen (secondary N) is 1. The van der Waals surface area contributed by atoms with Crippen molar-refractivity contribution in [2.24, 2.45) is 0 Å². The van der Waals surface area contributed by atoms with Gasteiger partial charge in [-0.15, -0.1) is 11.8 Å². The molecule has 1 aromatic carbocycles. The van der Waals surface area contributed by atoms with Crippen LogP contribution in [0.3, 0.4) is 0 Å². The molecule has 6 heteroatoms. The molecule has 25 heavy (non-hydrogen) atoms. The van der Waals surface area contributed by atoms with E-state index >= 15 is 0 Å². The monoisotopic (exact) mass is 374 g/mol. The van der Waals surface area contributed by atoms with E-state index in [1.165, 1.54) is 17.8 Å². The molecule has 0 saturated carbocycles. The summed E-state index contributed by atoms with van der Waals surface area (Å²) in [5.41, 5.74) is 2.44. The highest BCUT2D eigenvalue weighted by Gasteiger charge is 2.35. The molecular weight excluding hydrogens is 356 g/mol. The first kappa shape index (κ1) is 19.2. The molecule has 1 aliphatic rings. The maximum atomic E-state index is 12.6. The number of hydrogen-bond donors (Lipinski definition) is 1. The van der Waals surface area contributed by atoms with E-state index in [0.29, 0.717) is 21.9 Å². The van der Waals surface area contributed by atoms with E-state index in [0.717, 1.165) is 16.3 Å². The van der Waals surface area contributed by atoms with Crippen LogP contribution in [-0.4, -0.2) is 18.3 Å². The van der Waals surface area contributed by atoms with E-state index in [4.69, 9.17) is 16.3 Å². The number of carbonyl (C=O) groups excluding carboxylic acids is 1. The Kier molecular flexibility index (Phi) is 6.74. The van der Waals surface area contributed by atoms with Gasteiger partial charge in [-0.05, 0) is 30.4 Å². The number of rotatable bonds is 6. The fourth-order valence-electron chi connectivity index (χ4n) is 2.64. The quantitative estimate of drug-likeness (QED) is 0.586. The van der Waals surface area contributed by atoms with E-state index < -0.39 is 11.9 Å². The molecule has 1 heterocycles. The predicted molar refractivity (Wildman–Crippen MR) is 102 cm³/mol. The van der Waals surface area contributed by atoms with E-state index in [1.54, 1.807) is 12.1 Å². The Balaban J connectivity index is 2.57. The third-order valence-corrected chi connectivity index (χ3v) is 4.84. The number of hydrogen-bond acceptors (Lipinski definition) is 5. The Morgan fingerprint density at radius 3 is 2.72 bits per heavy atom. The summed E-state index contributed by atoms with van der Waals surface area (Å²) in [5.74, 6) is -0.141. The minimum Gasteiger partial charge on any atom is -0.458 e. The van der Waals surface area contributed by atoms with Crippen molar-refractivity contribution in [2.45, 2.75) is 19.8 Å². The van der Waals surface area contributed by atoms with Crippen LogP contribution in [-0.2, 0) is 9.53 Å². The molecule has 0 spiro atoms. The molecule has 0 amide bonds. The van der Waals surface area contributed by atoms with Crippen molar-refractivity contribution in [3.8, 4) is 6.07 Å². The first-order valence-electron chi connectivity index (χ1n) is 7.81. The molecule has 0 unspecified atom stereocenters. The lowest BCUT2D eigenvalue weighted by Gasteiger charge is -2.29. The third-order valence-electron chi connectivity index (χ3n) is 3.69. The lowest BCUT2D eigenvalue weighted by Crippen LogP contribution is -2.28. The van der Waals surface area contributed by atoms with Gasteiger partial charge in [-0.2, -0.15) is 5.26 Å². The first-order chi connectivity index (χ1) is 12.0. The van der Waals surface area contributed by atoms with Crippen molar-refractivity contribution in [2.75, 3.05) is 12.4 Å². The van der Waals surface area contributed by atoms with Gasteiger partial charge < -0.3 is 10.1 Å². The molecule has 1 aromatic rings. The Bertz CT molecular complexity index is 776. The Morgan fingerprint density at radius 1 is 1.48 bits per heavy atom. The topological polar surface area (TPSA) is 62.1 Å². The molecule has 0 fully saturated rings. The number of dihydropyridines is 1. The third kappa shape index (κ3) is 4.28. The lowest BCUT2D eigenvalue weighted by molar-refractivity contribution is -0.138. The number of nitrogens with zero attached hydrogens (tertiary/aromatic N) is 1. The summed E-state index contributed by atoms with van der Waals surface area (Å²) in [5, 5.41) is 14.3. The zero-order chi connectivity index (χ0) is 18.4. The zero-order valence-corrected chi connectivity index (χ0v) is 15.7. The second-order valence-electron chi connectivity index (χ2n) is 5.32. The average Bonchev–Trinajstić information content (AvgIpc) is 2.60. The average molecular weight is 375 g/mol. The minimum absolute atomic E-state index is 0.116. The van der Waals surface area contributed by atoms with Gasteiger partial charge in [0.05, 0.1) is 28.2 Å². The Hall–Kier alpha value is -2.16. The van der Waals surface area contributed by atoms with Gasteiger partial charge in [0.15, 0.2) is 0 Å². The van der Waals surface area contributed by atoms with Crippen LogP contribution >= 0.6 is 23.4 Å². The van der Waals surface area contributed by atoms with Gasteiger partial charge in [-0.1, -0.05) is 43.3 Å². The van der Waals surface area contributed by atoms with Crippen LogP contribution in [0.25, 0.3) is 0 Å². The van der Waals surface area contributed by atoms with E-state index in [1.807, 2.05) is 26.0 Å². The molecule has 1 atom stereocenters. The van der Waals surface area contributed by atoms with Gasteiger partial charge in [0.2, 0.25) is 0 Å². The van der Waals surface area contributed by atoms with Gasteiger partial charge in [0.1, 0.15) is 6.61 Å². The summed E-state index contributed by atoms with van der Waals surface area (Å²) >= 11 is 7.53. The Morgan fingerprint density at radius 2 is 2.16 bits per heavy atom. The van der Waals surface area contributed by atoms with Crippen LogP contribution < -0.4 is 5.32 Å². The number of thioether (sulfide) groups is 1. The fourth-order valence-corrected chi connectivity index (χ4v) is 3.60. The summed E-state index contributed by atoms with van der Waals surface area (Å²) in [7, 11) is 0. The number of esters is 1. The summed E-state index contributed by atoms with van der Waals surface area (Å²) in [4.78, 5) is 12.6. The van der Waals surface area contributed by atoms with Crippen molar-refractivity contribution >= 4 is 29.3 Å². The van der Waals surface area contributed by atoms with Crippen LogP contribution in [0.2, 0.25) is 5.02 Å². The molecular formula is C19H19ClN2O2S. The maximum Gasteiger partial charge on any atom is 0.337 e. The fraction of sp³-hybridized carbons (Fsp3) is 0.263. The smallest absolute Gasteiger partial charge is 0.337 e. The van der Waals surface area contributed by atoms with Crippen molar-refractivity contribution in [3.05, 3.63) is 69.4 Å². The summed E-state index contributed by atoms with van der Waals surface area (Å²) in [6.45, 7) is 7.51. The van der Waals surface area contributed by atoms with Crippen molar-refractivity contribution in [1.29, 1.82) is 5.26 Å². The first-order valence-corrected chi connectivity index (χ1v) is 9.18. The largest absolute Gasteiger partial charge is 0.458 e. The molecule has 1 N–H and O–H groups in total. The normalized spacial score (nSPS) is 17.0. The van der Waals surface area contributed by atoms with E-state index in [9.17, 15) is 10.1 Å². The van der Waals surface area contributed by atoms with Crippen molar-refractivity contribution in [1.82, 2.24) is 5.32 Å². The number of halogens is 1. The zero-order valence-electron chi connectivity index (χ0n) is 14.1. The van der Waals surface area contributed by atoms with Gasteiger partial charge in [0, 0.05) is 10.7 Å². The molecule has 0 aromatic heterocycles. The number of benzene rings is 1. The molecule has 1 aliphatic heterocycles. The second kappa shape index (κ2) is 8.80. The van der Waals surface area contributed by atoms with Crippen LogP contribution in [0.1, 0.15) is 25.3 Å². The van der Waals surface area contributed by atoms with Gasteiger partial charge in [-0.25, -0.2) is 4.79 Å². The Labute approximate surface area is 157 Å². The predicted octanol–water partition coefficient (Wildman–Crippen LogP) is 4.52. The van der Waals surface area contributed by atoms with Crippen molar-refractivity contribution in [3.63, 3.8) is 0 Å². The minimum atomic E-state index is -0.491. The van der Waals surface area contributed by atoms with Crippen LogP contribution in [0.4, 0.5) is 0 Å². The lowest BCUT2D eigenvalue weighted by atomic mass is 9.82. The molecule has 2 rings (SSSR count). The second-order valence-corrected chi connectivity index (χ2v) is 7.03. The number of ether oxygens (including phenoxy) is 1. The summed E-state index contributed by atoms with van der Waals surface area (Å²) in [6, 6.07) is 9.43. The molecule has 0 bridgehead atoms. The molecule has 0 radical (unpaired) electrons. The van der Waals surface area contributed by atoms with E-state index in [2.05, 4.69) is 18.0 Å². The number of allylic oxidation sites excluding steroid dienone is 2. The molecule has 0 saturated heterocycles. The molecule has 4 nitrogen and oxygen atoms in total. The SMILES string of the molecule is C=CCOC(=O)C1=C(C)NC(SCC)=C(C#N)[C@H]1c1ccc(Cl)cc1. The molecule has 130 valence electrons. The highest BCUT2D eigenvalue weighted by atomic mass is 35.5. The van der Waals surface area contributed by atoms with Gasteiger partial charge in [-0.3, -0.25) is 0 Å². The summed E-state index contributed by atoms with van der Waals surface area (Å²) < 4.78 is 5.24. The highest BCUT2D eigenvalue weighted by molar-refractivity contribution is 8.03. The highest BCUT2D eigenvalue weighted by Crippen LogP contribution is 2.41. The maximum absolute atomic E-state index is 12.6. The number of nitriles is 1. The van der Waals surface area contributed by atoms with Crippen LogP contribution in [0, 0.1) is 11.3 Å². The molecule has 0 aliphatic carbocycles. The van der Waals surface area contributed by atoms with Crippen LogP contribution in [0.15, 0.2) is 58.8 Å². The van der Waals surface area contributed by atoms with Crippen LogP contribution in [0.5, 0.6) is 0 Å². The number of carbonyl (C=O) groups is 1. The summed E-state index contributed by atoms with van der Waals surface area (Å²) in [6.07, 6.45) is 1.51. The van der Waals surface area contributed by atoms with Gasteiger partial charge in [0.25, 0.3) is 0 Å². The standard InChI is InChI=1S/C19H19ClN2O2S/c1-4-10-24-19(23)16-12(3)22-18(25-5-2)15(11-21)17(16)13-6-8-14(20)9-7-13/h4,6-9,17,22H,1,5,10H2,2-3H3/t17-/m1/s1. The van der Waals surface area contributed by atoms with E-state index in [-0.39, 0.29) is 6.61 Å². The van der Waals surface area contributed by atoms with Gasteiger partial charge >= 0.3 is 5.97 Å². The van der Waals surface area contributed by atoms with Crippen molar-refractivity contribution < 1.29 is 9.53 Å².